The molecule has 0 saturated carbocycles. The van der Waals surface area contributed by atoms with E-state index < -0.39 is 0 Å². The molecule has 0 amide bonds. The average molecular weight is 278 g/mol. The minimum atomic E-state index is 0.421. The zero-order valence-electron chi connectivity index (χ0n) is 10.6. The summed E-state index contributed by atoms with van der Waals surface area (Å²) >= 11 is 7.82. The first kappa shape index (κ1) is 12.1. The topological polar surface area (TPSA) is 12.0 Å². The fourth-order valence-corrected chi connectivity index (χ4v) is 3.93. The molecule has 1 aliphatic rings. The van der Waals surface area contributed by atoms with Crippen LogP contribution in [0.2, 0.25) is 4.34 Å². The third kappa shape index (κ3) is 2.04. The van der Waals surface area contributed by atoms with Crippen molar-refractivity contribution in [2.24, 2.45) is 0 Å². The van der Waals surface area contributed by atoms with Crippen molar-refractivity contribution in [2.75, 3.05) is 5.32 Å². The molecule has 1 N–H and O–H groups in total. The Bertz CT molecular complexity index is 588. The number of fused-ring (bicyclic) bond motifs is 1. The first-order chi connectivity index (χ1) is 8.65. The van der Waals surface area contributed by atoms with E-state index in [1.54, 1.807) is 11.3 Å². The van der Waals surface area contributed by atoms with Gasteiger partial charge in [0.2, 0.25) is 0 Å². The van der Waals surface area contributed by atoms with Gasteiger partial charge in [-0.1, -0.05) is 23.7 Å². The fraction of sp³-hybridized carbons (Fsp3) is 0.333. The lowest BCUT2D eigenvalue weighted by atomic mass is 10.1. The lowest BCUT2D eigenvalue weighted by Crippen LogP contribution is -2.08. The van der Waals surface area contributed by atoms with Crippen LogP contribution in [0.25, 0.3) is 0 Å². The summed E-state index contributed by atoms with van der Waals surface area (Å²) in [6.45, 7) is 4.33. The fourth-order valence-electron chi connectivity index (χ4n) is 2.58. The number of halogens is 1. The molecule has 0 radical (unpaired) electrons. The summed E-state index contributed by atoms with van der Waals surface area (Å²) in [4.78, 5) is 1.45. The molecule has 0 bridgehead atoms. The van der Waals surface area contributed by atoms with Crippen LogP contribution in [0, 0.1) is 13.8 Å². The van der Waals surface area contributed by atoms with Crippen LogP contribution >= 0.6 is 22.9 Å². The van der Waals surface area contributed by atoms with Gasteiger partial charge >= 0.3 is 0 Å². The van der Waals surface area contributed by atoms with Crippen molar-refractivity contribution in [2.45, 2.75) is 32.7 Å². The summed E-state index contributed by atoms with van der Waals surface area (Å²) in [7, 11) is 0. The number of anilines is 1. The molecule has 1 aliphatic carbocycles. The Morgan fingerprint density at radius 2 is 2.17 bits per heavy atom. The van der Waals surface area contributed by atoms with Crippen LogP contribution in [0.3, 0.4) is 0 Å². The second-order valence-electron chi connectivity index (χ2n) is 4.91. The predicted octanol–water partition coefficient (Wildman–Crippen LogP) is 5.12. The molecule has 1 atom stereocenters. The predicted molar refractivity (Wildman–Crippen MR) is 79.9 cm³/mol. The summed E-state index contributed by atoms with van der Waals surface area (Å²) in [6.07, 6.45) is 2.32. The monoisotopic (exact) mass is 277 g/mol. The maximum atomic E-state index is 6.09. The minimum absolute atomic E-state index is 0.421. The highest BCUT2D eigenvalue weighted by atomic mass is 35.5. The Morgan fingerprint density at radius 1 is 1.33 bits per heavy atom. The molecule has 0 saturated heterocycles. The molecular formula is C15H16ClNS. The van der Waals surface area contributed by atoms with Crippen molar-refractivity contribution < 1.29 is 0 Å². The van der Waals surface area contributed by atoms with Crippen LogP contribution in [-0.2, 0) is 6.42 Å². The zero-order valence-corrected chi connectivity index (χ0v) is 12.2. The Balaban J connectivity index is 1.88. The van der Waals surface area contributed by atoms with Crippen LogP contribution in [0.4, 0.5) is 5.69 Å². The van der Waals surface area contributed by atoms with Gasteiger partial charge in [0.15, 0.2) is 0 Å². The van der Waals surface area contributed by atoms with E-state index in [4.69, 9.17) is 11.6 Å². The van der Waals surface area contributed by atoms with Crippen LogP contribution in [0.5, 0.6) is 0 Å². The minimum Gasteiger partial charge on any atom is -0.378 e. The summed E-state index contributed by atoms with van der Waals surface area (Å²) in [5.74, 6) is 0. The highest BCUT2D eigenvalue weighted by Gasteiger charge is 2.25. The maximum Gasteiger partial charge on any atom is 0.0934 e. The molecule has 0 spiro atoms. The van der Waals surface area contributed by atoms with E-state index in [-0.39, 0.29) is 0 Å². The highest BCUT2D eigenvalue weighted by molar-refractivity contribution is 7.16. The molecule has 3 heteroatoms. The smallest absolute Gasteiger partial charge is 0.0934 e. The highest BCUT2D eigenvalue weighted by Crippen LogP contribution is 2.41. The molecule has 1 unspecified atom stereocenters. The molecule has 0 aliphatic heterocycles. The summed E-state index contributed by atoms with van der Waals surface area (Å²) < 4.78 is 0.910. The number of thiophene rings is 1. The standard InChI is InChI=1S/C15H16ClNS/c1-9-4-3-5-12(10(9)2)17-13-6-7-14-11(13)8-15(16)18-14/h3-5,8,13,17H,6-7H2,1-2H3. The Kier molecular flexibility index (Phi) is 3.08. The number of rotatable bonds is 2. The van der Waals surface area contributed by atoms with Crippen molar-refractivity contribution in [3.63, 3.8) is 0 Å². The van der Waals surface area contributed by atoms with E-state index >= 15 is 0 Å². The summed E-state index contributed by atoms with van der Waals surface area (Å²) in [5.41, 5.74) is 5.31. The lowest BCUT2D eigenvalue weighted by molar-refractivity contribution is 0.761. The van der Waals surface area contributed by atoms with Gasteiger partial charge in [-0.15, -0.1) is 11.3 Å². The van der Waals surface area contributed by atoms with Crippen LogP contribution in [-0.4, -0.2) is 0 Å². The van der Waals surface area contributed by atoms with Crippen molar-refractivity contribution in [3.8, 4) is 0 Å². The van der Waals surface area contributed by atoms with Gasteiger partial charge in [-0.2, -0.15) is 0 Å². The number of hydrogen-bond acceptors (Lipinski definition) is 2. The first-order valence-electron chi connectivity index (χ1n) is 6.26. The molecular weight excluding hydrogens is 262 g/mol. The van der Waals surface area contributed by atoms with Crippen LogP contribution < -0.4 is 5.32 Å². The van der Waals surface area contributed by atoms with Gasteiger partial charge in [0.05, 0.1) is 10.4 Å². The van der Waals surface area contributed by atoms with E-state index in [1.165, 1.54) is 33.7 Å². The summed E-state index contributed by atoms with van der Waals surface area (Å²) in [6, 6.07) is 8.97. The van der Waals surface area contributed by atoms with Gasteiger partial charge in [0.1, 0.15) is 0 Å². The Labute approximate surface area is 117 Å². The van der Waals surface area contributed by atoms with Crippen LogP contribution in [0.15, 0.2) is 24.3 Å². The Morgan fingerprint density at radius 3 is 3.00 bits per heavy atom. The SMILES string of the molecule is Cc1cccc(NC2CCc3sc(Cl)cc32)c1C. The van der Waals surface area contributed by atoms with Crippen molar-refractivity contribution in [3.05, 3.63) is 50.2 Å². The molecule has 1 aromatic carbocycles. The van der Waals surface area contributed by atoms with Crippen molar-refractivity contribution in [1.29, 1.82) is 0 Å². The van der Waals surface area contributed by atoms with Gasteiger partial charge < -0.3 is 5.32 Å². The quantitative estimate of drug-likeness (QED) is 0.803. The largest absolute Gasteiger partial charge is 0.378 e. The number of aryl methyl sites for hydroxylation is 2. The van der Waals surface area contributed by atoms with E-state index in [9.17, 15) is 0 Å². The first-order valence-corrected chi connectivity index (χ1v) is 7.45. The van der Waals surface area contributed by atoms with Gasteiger partial charge in [0.25, 0.3) is 0 Å². The Hall–Kier alpha value is -0.990. The van der Waals surface area contributed by atoms with Crippen LogP contribution in [0.1, 0.15) is 34.0 Å². The molecule has 0 fully saturated rings. The van der Waals surface area contributed by atoms with Crippen molar-refractivity contribution in [1.82, 2.24) is 0 Å². The van der Waals surface area contributed by atoms with E-state index in [0.29, 0.717) is 6.04 Å². The van der Waals surface area contributed by atoms with E-state index in [2.05, 4.69) is 43.4 Å². The second-order valence-corrected chi connectivity index (χ2v) is 6.68. The van der Waals surface area contributed by atoms with E-state index in [1.807, 2.05) is 0 Å². The molecule has 18 heavy (non-hydrogen) atoms. The number of benzene rings is 1. The second kappa shape index (κ2) is 4.60. The third-order valence-electron chi connectivity index (χ3n) is 3.78. The average Bonchev–Trinajstić information content (AvgIpc) is 2.86. The molecule has 2 aromatic rings. The van der Waals surface area contributed by atoms with Gasteiger partial charge in [-0.05, 0) is 55.5 Å². The maximum absolute atomic E-state index is 6.09. The molecule has 1 aromatic heterocycles. The van der Waals surface area contributed by atoms with E-state index in [0.717, 1.165) is 10.8 Å². The number of nitrogens with one attached hydrogen (secondary N) is 1. The van der Waals surface area contributed by atoms with Gasteiger partial charge in [-0.25, -0.2) is 0 Å². The van der Waals surface area contributed by atoms with Gasteiger partial charge in [0, 0.05) is 10.6 Å². The normalized spacial score (nSPS) is 17.8. The lowest BCUT2D eigenvalue weighted by Gasteiger charge is -2.17. The molecule has 94 valence electrons. The van der Waals surface area contributed by atoms with Crippen molar-refractivity contribution >= 4 is 28.6 Å². The third-order valence-corrected chi connectivity index (χ3v) is 5.12. The number of hydrogen-bond donors (Lipinski definition) is 1. The zero-order chi connectivity index (χ0) is 12.7. The molecule has 1 nitrogen and oxygen atoms in total. The molecule has 1 heterocycles. The summed E-state index contributed by atoms with van der Waals surface area (Å²) in [5, 5.41) is 3.67. The molecule has 3 rings (SSSR count). The van der Waals surface area contributed by atoms with Gasteiger partial charge in [-0.3, -0.25) is 0 Å².